The van der Waals surface area contributed by atoms with Crippen LogP contribution in [0.1, 0.15) is 11.1 Å². The van der Waals surface area contributed by atoms with Crippen LogP contribution in [0.4, 0.5) is 15.8 Å². The number of ether oxygens (including phenoxy) is 1. The Kier molecular flexibility index (Phi) is 3.87. The van der Waals surface area contributed by atoms with Gasteiger partial charge in [-0.3, -0.25) is 0 Å². The molecule has 0 unspecified atom stereocenters. The number of methoxy groups -OCH3 is 1. The van der Waals surface area contributed by atoms with Gasteiger partial charge in [-0.25, -0.2) is 9.38 Å². The molecule has 7 heteroatoms. The first-order valence-electron chi connectivity index (χ1n) is 7.44. The van der Waals surface area contributed by atoms with E-state index in [4.69, 9.17) is 4.74 Å². The van der Waals surface area contributed by atoms with E-state index in [1.165, 1.54) is 7.11 Å². The molecule has 5 nitrogen and oxygen atoms in total. The summed E-state index contributed by atoms with van der Waals surface area (Å²) in [4.78, 5) is 4.39. The molecule has 2 aromatic carbocycles. The standard InChI is InChI=1S/C17H15FIN3O2/c1-24-15-7-11-10(6-14(15)23)17(21-8-19-11)22-13-3-2-12-9(16(13)18)4-5-20-12/h2-3,6-8,20,23H,4-5H2,1H3,(H,21,22). The van der Waals surface area contributed by atoms with Crippen molar-refractivity contribution in [2.45, 2.75) is 6.42 Å². The van der Waals surface area contributed by atoms with E-state index in [-0.39, 0.29) is 11.6 Å². The molecule has 4 rings (SSSR count). The monoisotopic (exact) mass is 439 g/mol. The van der Waals surface area contributed by atoms with Crippen LogP contribution in [0.15, 0.2) is 29.3 Å². The van der Waals surface area contributed by atoms with Crippen LogP contribution in [-0.4, -0.2) is 28.7 Å². The van der Waals surface area contributed by atoms with E-state index in [9.17, 15) is 9.50 Å². The van der Waals surface area contributed by atoms with E-state index in [1.54, 1.807) is 12.1 Å². The Morgan fingerprint density at radius 3 is 3.08 bits per heavy atom. The van der Waals surface area contributed by atoms with E-state index < -0.39 is 20.7 Å². The van der Waals surface area contributed by atoms with Gasteiger partial charge in [0.25, 0.3) is 0 Å². The largest absolute Gasteiger partial charge is 0.504 e. The Morgan fingerprint density at radius 2 is 2.25 bits per heavy atom. The Labute approximate surface area is 148 Å². The van der Waals surface area contributed by atoms with Gasteiger partial charge in [0.1, 0.15) is 5.84 Å². The van der Waals surface area contributed by atoms with Crippen molar-refractivity contribution in [2.24, 2.45) is 4.99 Å². The number of anilines is 2. The first-order valence-corrected chi connectivity index (χ1v) is 9.76. The van der Waals surface area contributed by atoms with Crippen LogP contribution in [-0.2, 0) is 6.42 Å². The number of nitrogens with zero attached hydrogens (tertiary/aromatic N) is 1. The fraction of sp³-hybridized carbons (Fsp3) is 0.176. The molecule has 24 heavy (non-hydrogen) atoms. The predicted molar refractivity (Wildman–Crippen MR) is 102 cm³/mol. The van der Waals surface area contributed by atoms with Crippen LogP contribution in [0.25, 0.3) is 0 Å². The fourth-order valence-corrected chi connectivity index (χ4v) is 4.78. The van der Waals surface area contributed by atoms with Gasteiger partial charge in [-0.1, -0.05) is 20.7 Å². The number of phenolic OH excluding ortho intramolecular Hbond substituents is 1. The maximum absolute atomic E-state index is 14.7. The van der Waals surface area contributed by atoms with Crippen LogP contribution in [0.5, 0.6) is 11.5 Å². The first-order chi connectivity index (χ1) is 11.7. The minimum absolute atomic E-state index is 0.0512. The molecule has 0 aliphatic carbocycles. The van der Waals surface area contributed by atoms with Crippen molar-refractivity contribution in [3.63, 3.8) is 0 Å². The van der Waals surface area contributed by atoms with Crippen LogP contribution in [0, 0.1) is 9.39 Å². The molecule has 2 aliphatic rings. The number of nitrogens with one attached hydrogen (secondary N) is 2. The molecule has 2 heterocycles. The number of halogens is 2. The van der Waals surface area contributed by atoms with E-state index in [0.717, 1.165) is 21.4 Å². The van der Waals surface area contributed by atoms with Gasteiger partial charge >= 0.3 is 0 Å². The van der Waals surface area contributed by atoms with Gasteiger partial charge in [0.15, 0.2) is 17.3 Å². The number of benzene rings is 2. The first kappa shape index (κ1) is 15.4. The molecule has 124 valence electrons. The van der Waals surface area contributed by atoms with Crippen LogP contribution < -0.4 is 15.4 Å². The van der Waals surface area contributed by atoms with Gasteiger partial charge in [-0.2, -0.15) is 0 Å². The molecule has 0 fully saturated rings. The molecule has 0 aromatic heterocycles. The second-order valence-corrected chi connectivity index (χ2v) is 7.79. The molecule has 0 radical (unpaired) electrons. The van der Waals surface area contributed by atoms with E-state index in [0.29, 0.717) is 29.3 Å². The highest BCUT2D eigenvalue weighted by atomic mass is 127. The van der Waals surface area contributed by atoms with Crippen LogP contribution >= 0.6 is 20.7 Å². The number of rotatable bonds is 2. The lowest BCUT2D eigenvalue weighted by atomic mass is 10.1. The minimum Gasteiger partial charge on any atom is -0.504 e. The summed E-state index contributed by atoms with van der Waals surface area (Å²) in [6, 6.07) is 7.04. The molecule has 0 bridgehead atoms. The van der Waals surface area contributed by atoms with Gasteiger partial charge in [-0.15, -0.1) is 0 Å². The number of phenols is 1. The molecule has 2 aliphatic heterocycles. The van der Waals surface area contributed by atoms with Crippen molar-refractivity contribution in [1.82, 2.24) is 0 Å². The molecule has 3 N–H and O–H groups in total. The summed E-state index contributed by atoms with van der Waals surface area (Å²) in [5.41, 5.74) is 2.74. The molecule has 0 saturated carbocycles. The fourth-order valence-electron chi connectivity index (χ4n) is 2.85. The number of aliphatic imine (C=N–C) groups is 1. The molecule has 2 aromatic rings. The summed E-state index contributed by atoms with van der Waals surface area (Å²) in [5.74, 6) is 0.784. The average Bonchev–Trinajstić information content (AvgIpc) is 3.07. The molecule has 0 saturated heterocycles. The van der Waals surface area contributed by atoms with E-state index in [1.807, 2.05) is 16.3 Å². The molecular formula is C17H15FIN3O2. The second kappa shape index (κ2) is 6.04. The van der Waals surface area contributed by atoms with E-state index in [2.05, 4.69) is 15.6 Å². The number of amidine groups is 1. The third-order valence-corrected chi connectivity index (χ3v) is 6.18. The minimum atomic E-state index is -0.404. The quantitative estimate of drug-likeness (QED) is 0.629. The lowest BCUT2D eigenvalue weighted by Crippen LogP contribution is -2.18. The third-order valence-electron chi connectivity index (χ3n) is 4.05. The predicted octanol–water partition coefficient (Wildman–Crippen LogP) is 3.28. The number of hydrogen-bond acceptors (Lipinski definition) is 5. The van der Waals surface area contributed by atoms with Gasteiger partial charge in [0.05, 0.1) is 16.9 Å². The highest BCUT2D eigenvalue weighted by Gasteiger charge is 2.21. The SMILES string of the molecule is COc1cc2c(cc1O)C(Nc1ccc3c(c1F)CCN3)=NC=I2. The van der Waals surface area contributed by atoms with Crippen molar-refractivity contribution >= 4 is 42.1 Å². The summed E-state index contributed by atoms with van der Waals surface area (Å²) in [6.07, 6.45) is 0.676. The zero-order valence-electron chi connectivity index (χ0n) is 12.9. The highest BCUT2D eigenvalue weighted by Crippen LogP contribution is 2.35. The summed E-state index contributed by atoms with van der Waals surface area (Å²) in [7, 11) is 1.52. The lowest BCUT2D eigenvalue weighted by Gasteiger charge is -2.17. The van der Waals surface area contributed by atoms with Crippen molar-refractivity contribution in [3.8, 4) is 11.5 Å². The molecular weight excluding hydrogens is 424 g/mol. The van der Waals surface area contributed by atoms with Gasteiger partial charge in [-0.05, 0) is 30.7 Å². The van der Waals surface area contributed by atoms with Crippen molar-refractivity contribution in [2.75, 3.05) is 24.3 Å². The summed E-state index contributed by atoms with van der Waals surface area (Å²) in [5, 5.41) is 16.3. The van der Waals surface area contributed by atoms with E-state index >= 15 is 0 Å². The lowest BCUT2D eigenvalue weighted by molar-refractivity contribution is 0.373. The third kappa shape index (κ3) is 2.52. The van der Waals surface area contributed by atoms with Gasteiger partial charge in [0, 0.05) is 26.9 Å². The summed E-state index contributed by atoms with van der Waals surface area (Å²) in [6.45, 7) is 0.755. The zero-order valence-corrected chi connectivity index (χ0v) is 15.0. The Bertz CT molecular complexity index is 896. The number of hydrogen-bond donors (Lipinski definition) is 3. The molecule has 0 atom stereocenters. The maximum Gasteiger partial charge on any atom is 0.161 e. The molecule has 0 spiro atoms. The maximum atomic E-state index is 14.7. The summed E-state index contributed by atoms with van der Waals surface area (Å²) < 4.78 is 22.8. The van der Waals surface area contributed by atoms with Gasteiger partial charge in [0.2, 0.25) is 0 Å². The van der Waals surface area contributed by atoms with Crippen molar-refractivity contribution in [3.05, 3.63) is 44.8 Å². The Morgan fingerprint density at radius 1 is 1.38 bits per heavy atom. The summed E-state index contributed by atoms with van der Waals surface area (Å²) >= 11 is -0.404. The normalized spacial score (nSPS) is 14.8. The molecule has 0 amide bonds. The highest BCUT2D eigenvalue weighted by molar-refractivity contribution is 14.2. The number of fused-ring (bicyclic) bond motifs is 2. The number of aromatic hydroxyl groups is 1. The van der Waals surface area contributed by atoms with Crippen LogP contribution in [0.3, 0.4) is 0 Å². The topological polar surface area (TPSA) is 65.9 Å². The average molecular weight is 439 g/mol. The smallest absolute Gasteiger partial charge is 0.161 e. The Balaban J connectivity index is 1.72. The Hall–Kier alpha value is -2.16. The van der Waals surface area contributed by atoms with Crippen molar-refractivity contribution in [1.29, 1.82) is 0 Å². The van der Waals surface area contributed by atoms with Crippen molar-refractivity contribution < 1.29 is 14.2 Å². The van der Waals surface area contributed by atoms with Crippen LogP contribution in [0.2, 0.25) is 0 Å². The zero-order chi connectivity index (χ0) is 16.7. The second-order valence-electron chi connectivity index (χ2n) is 5.44. The van der Waals surface area contributed by atoms with Gasteiger partial charge < -0.3 is 20.5 Å².